The van der Waals surface area contributed by atoms with Gasteiger partial charge >= 0.3 is 0 Å². The molecule has 1 aromatic carbocycles. The highest BCUT2D eigenvalue weighted by Crippen LogP contribution is 2.34. The molecule has 5 rings (SSSR count). The number of morpholine rings is 1. The summed E-state index contributed by atoms with van der Waals surface area (Å²) in [4.78, 5) is 35.6. The number of pyridine rings is 1. The number of nitrogens with zero attached hydrogens (tertiary/aromatic N) is 4. The van der Waals surface area contributed by atoms with Crippen molar-refractivity contribution in [3.05, 3.63) is 80.6 Å². The van der Waals surface area contributed by atoms with Crippen LogP contribution in [0.25, 0.3) is 11.7 Å². The van der Waals surface area contributed by atoms with E-state index in [-0.39, 0.29) is 11.5 Å². The first-order valence-electron chi connectivity index (χ1n) is 10.7. The van der Waals surface area contributed by atoms with Crippen molar-refractivity contribution in [2.75, 3.05) is 31.2 Å². The number of anilines is 1. The van der Waals surface area contributed by atoms with Crippen LogP contribution in [0.2, 0.25) is 0 Å². The Balaban J connectivity index is 1.58. The fourth-order valence-corrected chi connectivity index (χ4v) is 5.16. The van der Waals surface area contributed by atoms with Crippen molar-refractivity contribution in [1.82, 2.24) is 14.3 Å². The number of aryl methyl sites for hydroxylation is 1. The van der Waals surface area contributed by atoms with Crippen molar-refractivity contribution < 1.29 is 9.53 Å². The molecule has 0 aliphatic carbocycles. The molecule has 0 radical (unpaired) electrons. The summed E-state index contributed by atoms with van der Waals surface area (Å²) < 4.78 is 7.50. The van der Waals surface area contributed by atoms with E-state index in [1.807, 2.05) is 54.3 Å². The maximum absolute atomic E-state index is 13.5. The molecule has 0 bridgehead atoms. The van der Waals surface area contributed by atoms with Crippen molar-refractivity contribution in [2.24, 2.45) is 0 Å². The Morgan fingerprint density at radius 2 is 1.88 bits per heavy atom. The van der Waals surface area contributed by atoms with Gasteiger partial charge in [-0.1, -0.05) is 60.4 Å². The molecule has 9 heteroatoms. The molecule has 33 heavy (non-hydrogen) atoms. The van der Waals surface area contributed by atoms with Crippen LogP contribution >= 0.6 is 24.0 Å². The average Bonchev–Trinajstić information content (AvgIpc) is 3.09. The SMILES string of the molecule is Cc1ccc2nc(N3CCOCC3)c(C=C3SC(=S)N(Cc4ccccc4)C3=O)c(=O)n2c1. The molecule has 2 saturated heterocycles. The Labute approximate surface area is 200 Å². The van der Waals surface area contributed by atoms with Gasteiger partial charge < -0.3 is 9.64 Å². The van der Waals surface area contributed by atoms with E-state index in [4.69, 9.17) is 21.9 Å². The second-order valence-corrected chi connectivity index (χ2v) is 9.62. The summed E-state index contributed by atoms with van der Waals surface area (Å²) in [6.45, 7) is 4.71. The van der Waals surface area contributed by atoms with E-state index < -0.39 is 0 Å². The first-order valence-corrected chi connectivity index (χ1v) is 11.9. The van der Waals surface area contributed by atoms with Crippen LogP contribution in [0.3, 0.4) is 0 Å². The molecule has 3 aromatic rings. The Morgan fingerprint density at radius 1 is 1.12 bits per heavy atom. The third-order valence-electron chi connectivity index (χ3n) is 5.63. The summed E-state index contributed by atoms with van der Waals surface area (Å²) in [6, 6.07) is 13.5. The minimum Gasteiger partial charge on any atom is -0.378 e. The summed E-state index contributed by atoms with van der Waals surface area (Å²) in [5, 5.41) is 0. The van der Waals surface area contributed by atoms with Gasteiger partial charge in [-0.25, -0.2) is 4.98 Å². The van der Waals surface area contributed by atoms with E-state index >= 15 is 0 Å². The molecule has 2 aromatic heterocycles. The van der Waals surface area contributed by atoms with Crippen LogP contribution in [0, 0.1) is 6.92 Å². The number of benzene rings is 1. The van der Waals surface area contributed by atoms with Crippen LogP contribution in [0.5, 0.6) is 0 Å². The van der Waals surface area contributed by atoms with Crippen molar-refractivity contribution in [3.8, 4) is 0 Å². The Bertz CT molecular complexity index is 1330. The van der Waals surface area contributed by atoms with Crippen molar-refractivity contribution in [1.29, 1.82) is 0 Å². The van der Waals surface area contributed by atoms with Crippen LogP contribution in [-0.2, 0) is 16.1 Å². The quantitative estimate of drug-likeness (QED) is 0.421. The zero-order chi connectivity index (χ0) is 22.9. The van der Waals surface area contributed by atoms with Gasteiger partial charge in [0, 0.05) is 19.3 Å². The minimum atomic E-state index is -0.210. The Morgan fingerprint density at radius 3 is 2.64 bits per heavy atom. The van der Waals surface area contributed by atoms with Gasteiger partial charge in [-0.05, 0) is 30.2 Å². The van der Waals surface area contributed by atoms with Crippen molar-refractivity contribution in [3.63, 3.8) is 0 Å². The predicted octanol–water partition coefficient (Wildman–Crippen LogP) is 3.24. The number of carbonyl (C=O) groups excluding carboxylic acids is 1. The second-order valence-electron chi connectivity index (χ2n) is 7.94. The minimum absolute atomic E-state index is 0.199. The molecular weight excluding hydrogens is 456 g/mol. The lowest BCUT2D eigenvalue weighted by Gasteiger charge is -2.29. The lowest BCUT2D eigenvalue weighted by atomic mass is 10.2. The maximum atomic E-state index is 13.5. The summed E-state index contributed by atoms with van der Waals surface area (Å²) in [5.41, 5.74) is 2.69. The average molecular weight is 479 g/mol. The summed E-state index contributed by atoms with van der Waals surface area (Å²) in [5.74, 6) is 0.371. The van der Waals surface area contributed by atoms with Gasteiger partial charge in [-0.3, -0.25) is 18.9 Å². The number of rotatable bonds is 4. The number of amides is 1. The summed E-state index contributed by atoms with van der Waals surface area (Å²) >= 11 is 6.71. The van der Waals surface area contributed by atoms with E-state index in [0.717, 1.165) is 11.1 Å². The van der Waals surface area contributed by atoms with E-state index in [1.165, 1.54) is 16.2 Å². The second kappa shape index (κ2) is 9.09. The number of carbonyl (C=O) groups is 1. The molecule has 0 spiro atoms. The molecule has 0 N–H and O–H groups in total. The highest BCUT2D eigenvalue weighted by atomic mass is 32.2. The van der Waals surface area contributed by atoms with Crippen molar-refractivity contribution in [2.45, 2.75) is 13.5 Å². The summed E-state index contributed by atoms with van der Waals surface area (Å²) in [6.07, 6.45) is 3.42. The largest absolute Gasteiger partial charge is 0.378 e. The zero-order valence-corrected chi connectivity index (χ0v) is 19.7. The fraction of sp³-hybridized carbons (Fsp3) is 0.250. The van der Waals surface area contributed by atoms with E-state index in [1.54, 1.807) is 17.2 Å². The van der Waals surface area contributed by atoms with Gasteiger partial charge in [0.05, 0.1) is 30.2 Å². The molecule has 1 amide bonds. The molecule has 7 nitrogen and oxygen atoms in total. The van der Waals surface area contributed by atoms with Crippen LogP contribution in [-0.4, -0.2) is 50.8 Å². The molecule has 0 atom stereocenters. The lowest BCUT2D eigenvalue weighted by molar-refractivity contribution is -0.122. The molecule has 0 saturated carbocycles. The molecule has 2 fully saturated rings. The third kappa shape index (κ3) is 4.31. The van der Waals surface area contributed by atoms with E-state index in [0.29, 0.717) is 59.1 Å². The third-order valence-corrected chi connectivity index (χ3v) is 7.01. The fourth-order valence-electron chi connectivity index (χ4n) is 3.92. The number of thiocarbonyl (C=S) groups is 1. The van der Waals surface area contributed by atoms with Gasteiger partial charge in [-0.15, -0.1) is 0 Å². The Kier molecular flexibility index (Phi) is 6.01. The van der Waals surface area contributed by atoms with Crippen LogP contribution in [0.4, 0.5) is 5.82 Å². The maximum Gasteiger partial charge on any atom is 0.267 e. The molecule has 168 valence electrons. The molecule has 2 aliphatic rings. The number of hydrogen-bond donors (Lipinski definition) is 0. The predicted molar refractivity (Wildman–Crippen MR) is 134 cm³/mol. The van der Waals surface area contributed by atoms with Gasteiger partial charge in [0.25, 0.3) is 11.5 Å². The number of thioether (sulfide) groups is 1. The van der Waals surface area contributed by atoms with E-state index in [2.05, 4.69) is 0 Å². The first-order chi connectivity index (χ1) is 16.0. The first kappa shape index (κ1) is 21.8. The molecule has 2 aliphatic heterocycles. The van der Waals surface area contributed by atoms with Crippen LogP contribution in [0.15, 0.2) is 58.4 Å². The number of ether oxygens (including phenoxy) is 1. The monoisotopic (exact) mass is 478 g/mol. The highest BCUT2D eigenvalue weighted by Gasteiger charge is 2.33. The standard InChI is InChI=1S/C24H22N4O3S2/c1-16-7-8-20-25-21(26-9-11-31-12-10-26)18(22(29)27(20)14-16)13-19-23(30)28(24(32)33-19)15-17-5-3-2-4-6-17/h2-8,13-14H,9-12,15H2,1H3. The molecule has 4 heterocycles. The Hall–Kier alpha value is -3.01. The zero-order valence-electron chi connectivity index (χ0n) is 18.1. The van der Waals surface area contributed by atoms with Gasteiger partial charge in [0.15, 0.2) is 0 Å². The van der Waals surface area contributed by atoms with Crippen LogP contribution < -0.4 is 10.5 Å². The highest BCUT2D eigenvalue weighted by molar-refractivity contribution is 8.26. The number of aromatic nitrogens is 2. The van der Waals surface area contributed by atoms with E-state index in [9.17, 15) is 9.59 Å². The number of hydrogen-bond acceptors (Lipinski definition) is 7. The van der Waals surface area contributed by atoms with Crippen molar-refractivity contribution >= 4 is 51.7 Å². The lowest BCUT2D eigenvalue weighted by Crippen LogP contribution is -2.38. The topological polar surface area (TPSA) is 67.2 Å². The number of fused-ring (bicyclic) bond motifs is 1. The molecular formula is C24H22N4O3S2. The van der Waals surface area contributed by atoms with Gasteiger partial charge in [0.1, 0.15) is 15.8 Å². The van der Waals surface area contributed by atoms with Crippen LogP contribution in [0.1, 0.15) is 16.7 Å². The van der Waals surface area contributed by atoms with Gasteiger partial charge in [-0.2, -0.15) is 0 Å². The summed E-state index contributed by atoms with van der Waals surface area (Å²) in [7, 11) is 0. The normalized spacial score (nSPS) is 18.0. The smallest absolute Gasteiger partial charge is 0.267 e. The molecule has 0 unspecified atom stereocenters. The van der Waals surface area contributed by atoms with Gasteiger partial charge in [0.2, 0.25) is 0 Å².